The molecule has 1 fully saturated rings. The third kappa shape index (κ3) is 1.83. The largest absolute Gasteiger partial charge is 0.339 e. The van der Waals surface area contributed by atoms with Crippen LogP contribution in [0, 0.1) is 5.82 Å². The van der Waals surface area contributed by atoms with Crippen LogP contribution in [-0.2, 0) is 0 Å². The van der Waals surface area contributed by atoms with Gasteiger partial charge in [-0.3, -0.25) is 9.78 Å². The fourth-order valence-corrected chi connectivity index (χ4v) is 2.34. The molecule has 0 saturated carbocycles. The summed E-state index contributed by atoms with van der Waals surface area (Å²) < 4.78 is 13.5. The number of rotatable bonds is 1. The number of benzene rings is 1. The molecule has 0 atom stereocenters. The van der Waals surface area contributed by atoms with E-state index in [2.05, 4.69) is 4.98 Å². The molecule has 1 saturated heterocycles. The van der Waals surface area contributed by atoms with Gasteiger partial charge in [0.2, 0.25) is 0 Å². The van der Waals surface area contributed by atoms with Crippen LogP contribution in [0.3, 0.4) is 0 Å². The number of aromatic nitrogens is 1. The van der Waals surface area contributed by atoms with Crippen molar-refractivity contribution in [3.8, 4) is 0 Å². The lowest BCUT2D eigenvalue weighted by atomic mass is 10.1. The van der Waals surface area contributed by atoms with Crippen molar-refractivity contribution in [3.05, 3.63) is 41.8 Å². The number of fused-ring (bicyclic) bond motifs is 1. The van der Waals surface area contributed by atoms with Gasteiger partial charge in [0.15, 0.2) is 0 Å². The number of para-hydroxylation sites is 1. The Balaban J connectivity index is 2.00. The molecule has 1 amide bonds. The van der Waals surface area contributed by atoms with Gasteiger partial charge in [-0.2, -0.15) is 0 Å². The van der Waals surface area contributed by atoms with Crippen LogP contribution >= 0.6 is 0 Å². The minimum absolute atomic E-state index is 0.00818. The minimum atomic E-state index is -0.354. The Hall–Kier alpha value is -1.97. The van der Waals surface area contributed by atoms with Gasteiger partial charge in [0.1, 0.15) is 11.3 Å². The maximum Gasteiger partial charge on any atom is 0.255 e. The van der Waals surface area contributed by atoms with E-state index >= 15 is 0 Å². The van der Waals surface area contributed by atoms with Gasteiger partial charge in [-0.25, -0.2) is 4.39 Å². The standard InChI is InChI=1S/C14H13FN2O/c15-12-5-3-4-10-8-11(9-16-13(10)12)14(18)17-6-1-2-7-17/h3-5,8-9H,1-2,6-7H2. The monoisotopic (exact) mass is 244 g/mol. The van der Waals surface area contributed by atoms with Crippen molar-refractivity contribution >= 4 is 16.8 Å². The number of carbonyl (C=O) groups excluding carboxylic acids is 1. The Bertz CT molecular complexity index is 606. The van der Waals surface area contributed by atoms with Crippen molar-refractivity contribution in [1.82, 2.24) is 9.88 Å². The van der Waals surface area contributed by atoms with E-state index in [0.29, 0.717) is 16.5 Å². The zero-order valence-corrected chi connectivity index (χ0v) is 9.90. The van der Waals surface area contributed by atoms with Gasteiger partial charge in [0.05, 0.1) is 5.56 Å². The molecule has 2 aromatic rings. The van der Waals surface area contributed by atoms with Gasteiger partial charge in [0.25, 0.3) is 5.91 Å². The topological polar surface area (TPSA) is 33.2 Å². The molecule has 92 valence electrons. The highest BCUT2D eigenvalue weighted by atomic mass is 19.1. The Morgan fingerprint density at radius 3 is 2.83 bits per heavy atom. The predicted octanol–water partition coefficient (Wildman–Crippen LogP) is 2.61. The molecular weight excluding hydrogens is 231 g/mol. The fraction of sp³-hybridized carbons (Fsp3) is 0.286. The molecule has 1 aliphatic heterocycles. The van der Waals surface area contributed by atoms with Crippen LogP contribution in [0.15, 0.2) is 30.5 Å². The van der Waals surface area contributed by atoms with Gasteiger partial charge >= 0.3 is 0 Å². The van der Waals surface area contributed by atoms with Gasteiger partial charge in [0, 0.05) is 24.7 Å². The van der Waals surface area contributed by atoms with Gasteiger partial charge < -0.3 is 4.90 Å². The van der Waals surface area contributed by atoms with E-state index in [1.807, 2.05) is 4.90 Å². The van der Waals surface area contributed by atoms with E-state index < -0.39 is 0 Å². The Labute approximate surface area is 104 Å². The maximum absolute atomic E-state index is 13.5. The second kappa shape index (κ2) is 4.37. The highest BCUT2D eigenvalue weighted by Gasteiger charge is 2.20. The third-order valence-corrected chi connectivity index (χ3v) is 3.30. The number of likely N-dealkylation sites (tertiary alicyclic amines) is 1. The molecule has 1 aliphatic rings. The number of nitrogens with zero attached hydrogens (tertiary/aromatic N) is 2. The van der Waals surface area contributed by atoms with E-state index in [0.717, 1.165) is 25.9 Å². The van der Waals surface area contributed by atoms with Crippen LogP contribution in [0.4, 0.5) is 4.39 Å². The van der Waals surface area contributed by atoms with E-state index in [4.69, 9.17) is 0 Å². The summed E-state index contributed by atoms with van der Waals surface area (Å²) >= 11 is 0. The lowest BCUT2D eigenvalue weighted by Gasteiger charge is -2.15. The van der Waals surface area contributed by atoms with E-state index in [-0.39, 0.29) is 11.7 Å². The average molecular weight is 244 g/mol. The summed E-state index contributed by atoms with van der Waals surface area (Å²) in [6.07, 6.45) is 3.58. The summed E-state index contributed by atoms with van der Waals surface area (Å²) in [5.74, 6) is -0.362. The molecule has 18 heavy (non-hydrogen) atoms. The van der Waals surface area contributed by atoms with Gasteiger partial charge in [-0.15, -0.1) is 0 Å². The quantitative estimate of drug-likeness (QED) is 0.772. The molecule has 0 bridgehead atoms. The van der Waals surface area contributed by atoms with E-state index in [1.54, 1.807) is 18.2 Å². The first kappa shape index (κ1) is 11.1. The van der Waals surface area contributed by atoms with E-state index in [1.165, 1.54) is 12.3 Å². The Morgan fingerprint density at radius 2 is 2.06 bits per heavy atom. The number of hydrogen-bond donors (Lipinski definition) is 0. The summed E-state index contributed by atoms with van der Waals surface area (Å²) in [5.41, 5.74) is 0.852. The van der Waals surface area contributed by atoms with Crippen molar-refractivity contribution in [3.63, 3.8) is 0 Å². The SMILES string of the molecule is O=C(c1cnc2c(F)cccc2c1)N1CCCC1. The first-order valence-electron chi connectivity index (χ1n) is 6.09. The second-order valence-electron chi connectivity index (χ2n) is 4.53. The summed E-state index contributed by atoms with van der Waals surface area (Å²) in [6.45, 7) is 1.61. The van der Waals surface area contributed by atoms with Crippen LogP contribution in [0.2, 0.25) is 0 Å². The summed E-state index contributed by atoms with van der Waals surface area (Å²) in [5, 5.41) is 0.667. The van der Waals surface area contributed by atoms with Crippen molar-refractivity contribution in [2.24, 2.45) is 0 Å². The van der Waals surface area contributed by atoms with Crippen LogP contribution in [0.5, 0.6) is 0 Å². The molecule has 0 N–H and O–H groups in total. The van der Waals surface area contributed by atoms with Crippen molar-refractivity contribution in [2.45, 2.75) is 12.8 Å². The summed E-state index contributed by atoms with van der Waals surface area (Å²) in [4.78, 5) is 18.0. The van der Waals surface area contributed by atoms with Crippen molar-refractivity contribution in [2.75, 3.05) is 13.1 Å². The van der Waals surface area contributed by atoms with Crippen LogP contribution < -0.4 is 0 Å². The highest BCUT2D eigenvalue weighted by Crippen LogP contribution is 2.18. The van der Waals surface area contributed by atoms with Crippen LogP contribution in [0.1, 0.15) is 23.2 Å². The Kier molecular flexibility index (Phi) is 2.70. The molecule has 3 rings (SSSR count). The molecule has 2 heterocycles. The normalized spacial score (nSPS) is 15.3. The molecule has 0 aliphatic carbocycles. The van der Waals surface area contributed by atoms with Crippen LogP contribution in [0.25, 0.3) is 10.9 Å². The van der Waals surface area contributed by atoms with Crippen molar-refractivity contribution < 1.29 is 9.18 Å². The van der Waals surface area contributed by atoms with Crippen molar-refractivity contribution in [1.29, 1.82) is 0 Å². The molecular formula is C14H13FN2O. The molecule has 3 nitrogen and oxygen atoms in total. The fourth-order valence-electron chi connectivity index (χ4n) is 2.34. The predicted molar refractivity (Wildman–Crippen MR) is 66.8 cm³/mol. The maximum atomic E-state index is 13.5. The smallest absolute Gasteiger partial charge is 0.255 e. The number of hydrogen-bond acceptors (Lipinski definition) is 2. The second-order valence-corrected chi connectivity index (χ2v) is 4.53. The molecule has 1 aromatic heterocycles. The molecule has 0 radical (unpaired) electrons. The van der Waals surface area contributed by atoms with Crippen LogP contribution in [-0.4, -0.2) is 28.9 Å². The zero-order chi connectivity index (χ0) is 12.5. The number of pyridine rings is 1. The zero-order valence-electron chi connectivity index (χ0n) is 9.90. The Morgan fingerprint density at radius 1 is 1.28 bits per heavy atom. The lowest BCUT2D eigenvalue weighted by Crippen LogP contribution is -2.27. The van der Waals surface area contributed by atoms with Gasteiger partial charge in [-0.1, -0.05) is 12.1 Å². The molecule has 1 aromatic carbocycles. The number of halogens is 1. The molecule has 4 heteroatoms. The molecule has 0 spiro atoms. The molecule has 0 unspecified atom stereocenters. The number of amides is 1. The van der Waals surface area contributed by atoms with Gasteiger partial charge in [-0.05, 0) is 25.0 Å². The van der Waals surface area contributed by atoms with E-state index in [9.17, 15) is 9.18 Å². The summed E-state index contributed by atoms with van der Waals surface area (Å²) in [6, 6.07) is 6.49. The average Bonchev–Trinajstić information content (AvgIpc) is 2.91. The number of carbonyl (C=O) groups is 1. The first-order chi connectivity index (χ1) is 8.75. The minimum Gasteiger partial charge on any atom is -0.339 e. The highest BCUT2D eigenvalue weighted by molar-refractivity contribution is 5.97. The first-order valence-corrected chi connectivity index (χ1v) is 6.09. The summed E-state index contributed by atoms with van der Waals surface area (Å²) in [7, 11) is 0. The third-order valence-electron chi connectivity index (χ3n) is 3.30. The lowest BCUT2D eigenvalue weighted by molar-refractivity contribution is 0.0792.